The van der Waals surface area contributed by atoms with E-state index in [4.69, 9.17) is 14.2 Å². The predicted octanol–water partition coefficient (Wildman–Crippen LogP) is 4.69. The lowest BCUT2D eigenvalue weighted by Gasteiger charge is -2.32. The molecule has 1 unspecified atom stereocenters. The molecule has 38 heavy (non-hydrogen) atoms. The number of amides is 1. The van der Waals surface area contributed by atoms with Crippen LogP contribution in [0.3, 0.4) is 0 Å². The smallest absolute Gasteiger partial charge is 0.323 e. The van der Waals surface area contributed by atoms with Gasteiger partial charge in [0.05, 0.1) is 24.4 Å². The van der Waals surface area contributed by atoms with E-state index in [-0.39, 0.29) is 29.4 Å². The number of rotatable bonds is 8. The summed E-state index contributed by atoms with van der Waals surface area (Å²) in [5, 5.41) is 7.09. The van der Waals surface area contributed by atoms with Gasteiger partial charge >= 0.3 is 5.97 Å². The van der Waals surface area contributed by atoms with E-state index in [1.54, 1.807) is 6.07 Å². The monoisotopic (exact) mass is 525 g/mol. The van der Waals surface area contributed by atoms with Gasteiger partial charge in [-0.2, -0.15) is 0 Å². The van der Waals surface area contributed by atoms with Gasteiger partial charge in [0.15, 0.2) is 5.82 Å². The van der Waals surface area contributed by atoms with Crippen molar-refractivity contribution in [2.24, 2.45) is 11.8 Å². The summed E-state index contributed by atoms with van der Waals surface area (Å²) in [5.41, 5.74) is 2.32. The van der Waals surface area contributed by atoms with Crippen LogP contribution >= 0.6 is 0 Å². The number of esters is 1. The average Bonchev–Trinajstić information content (AvgIpc) is 3.68. The second kappa shape index (κ2) is 11.2. The quantitative estimate of drug-likeness (QED) is 0.410. The van der Waals surface area contributed by atoms with Crippen LogP contribution < -0.4 is 5.32 Å². The van der Waals surface area contributed by atoms with Gasteiger partial charge in [0, 0.05) is 12.1 Å². The standard InChI is InChI=1S/C28H36FN5O4/c1-4-20-19(15-38-33-20)27(35)32-24(17-9-7-16(2)8-10-17)26-30-21-12-11-18(23(29)25(21)31-26)14-34-13-5-6-22(34)28(36)37-3/h11-12,15-17,22,24H,4-10,13-14H2,1-3H3,(H,30,31)(H,32,35)/t16?,17?,22-,24?/m0/s1. The number of likely N-dealkylation sites (tertiary alicyclic amines) is 1. The van der Waals surface area contributed by atoms with Gasteiger partial charge in [-0.1, -0.05) is 37.9 Å². The molecule has 2 atom stereocenters. The maximum absolute atomic E-state index is 15.8. The van der Waals surface area contributed by atoms with Crippen LogP contribution in [0.25, 0.3) is 11.0 Å². The van der Waals surface area contributed by atoms with E-state index in [0.29, 0.717) is 60.0 Å². The van der Waals surface area contributed by atoms with Crippen LogP contribution in [0.1, 0.15) is 85.9 Å². The van der Waals surface area contributed by atoms with Gasteiger partial charge in [-0.15, -0.1) is 0 Å². The zero-order chi connectivity index (χ0) is 26.8. The van der Waals surface area contributed by atoms with E-state index in [1.165, 1.54) is 13.4 Å². The number of aromatic nitrogens is 3. The number of methoxy groups -OCH3 is 1. The Morgan fingerprint density at radius 2 is 2.05 bits per heavy atom. The Labute approximate surface area is 221 Å². The van der Waals surface area contributed by atoms with E-state index < -0.39 is 11.9 Å². The minimum absolute atomic E-state index is 0.175. The number of fused-ring (bicyclic) bond motifs is 1. The number of carbonyl (C=O) groups is 2. The third kappa shape index (κ3) is 5.18. The van der Waals surface area contributed by atoms with Crippen LogP contribution in [0.15, 0.2) is 22.9 Å². The van der Waals surface area contributed by atoms with Crippen LogP contribution in [0.2, 0.25) is 0 Å². The first-order valence-corrected chi connectivity index (χ1v) is 13.6. The van der Waals surface area contributed by atoms with Crippen molar-refractivity contribution < 1.29 is 23.2 Å². The number of halogens is 1. The van der Waals surface area contributed by atoms with Gasteiger partial charge in [0.2, 0.25) is 0 Å². The molecule has 2 N–H and O–H groups in total. The number of nitrogens with zero attached hydrogens (tertiary/aromatic N) is 3. The molecular weight excluding hydrogens is 489 g/mol. The average molecular weight is 526 g/mol. The molecule has 204 valence electrons. The molecule has 2 fully saturated rings. The van der Waals surface area contributed by atoms with Gasteiger partial charge < -0.3 is 19.6 Å². The third-order valence-corrected chi connectivity index (χ3v) is 8.24. The normalized spacial score (nSPS) is 23.0. The Morgan fingerprint density at radius 3 is 2.79 bits per heavy atom. The number of hydrogen-bond acceptors (Lipinski definition) is 7. The van der Waals surface area contributed by atoms with Crippen LogP contribution in [0.4, 0.5) is 4.39 Å². The third-order valence-electron chi connectivity index (χ3n) is 8.24. The number of aryl methyl sites for hydroxylation is 1. The highest BCUT2D eigenvalue weighted by atomic mass is 19.1. The van der Waals surface area contributed by atoms with E-state index in [2.05, 4.69) is 22.4 Å². The van der Waals surface area contributed by atoms with Gasteiger partial charge in [0.25, 0.3) is 5.91 Å². The van der Waals surface area contributed by atoms with Gasteiger partial charge in [-0.3, -0.25) is 14.5 Å². The molecule has 3 aromatic rings. The Bertz CT molecular complexity index is 1300. The highest BCUT2D eigenvalue weighted by molar-refractivity contribution is 5.95. The van der Waals surface area contributed by atoms with Crippen molar-refractivity contribution in [3.63, 3.8) is 0 Å². The summed E-state index contributed by atoms with van der Waals surface area (Å²) in [4.78, 5) is 35.3. The molecule has 2 aliphatic rings. The molecule has 0 bridgehead atoms. The summed E-state index contributed by atoms with van der Waals surface area (Å²) >= 11 is 0. The van der Waals surface area contributed by atoms with Crippen molar-refractivity contribution in [2.75, 3.05) is 13.7 Å². The maximum atomic E-state index is 15.8. The van der Waals surface area contributed by atoms with Crippen LogP contribution in [-0.2, 0) is 22.5 Å². The molecule has 0 radical (unpaired) electrons. The van der Waals surface area contributed by atoms with Crippen molar-refractivity contribution in [1.29, 1.82) is 0 Å². The Hall–Kier alpha value is -3.27. The zero-order valence-corrected chi connectivity index (χ0v) is 22.3. The number of nitrogens with one attached hydrogen (secondary N) is 2. The van der Waals surface area contributed by atoms with Crippen molar-refractivity contribution >= 4 is 22.9 Å². The topological polar surface area (TPSA) is 113 Å². The molecule has 1 aromatic carbocycles. The fourth-order valence-corrected chi connectivity index (χ4v) is 5.96. The largest absolute Gasteiger partial charge is 0.468 e. The Balaban J connectivity index is 1.43. The highest BCUT2D eigenvalue weighted by Gasteiger charge is 2.34. The lowest BCUT2D eigenvalue weighted by molar-refractivity contribution is -0.146. The molecule has 10 heteroatoms. The predicted molar refractivity (Wildman–Crippen MR) is 139 cm³/mol. The molecule has 1 aliphatic heterocycles. The first kappa shape index (κ1) is 26.3. The van der Waals surface area contributed by atoms with Gasteiger partial charge in [-0.25, -0.2) is 9.37 Å². The number of benzene rings is 1. The number of H-pyrrole nitrogens is 1. The van der Waals surface area contributed by atoms with Crippen LogP contribution in [-0.4, -0.2) is 51.6 Å². The number of carbonyl (C=O) groups excluding carboxylic acids is 2. The Morgan fingerprint density at radius 1 is 1.26 bits per heavy atom. The number of ether oxygens (including phenoxy) is 1. The van der Waals surface area contributed by atoms with Crippen LogP contribution in [0.5, 0.6) is 0 Å². The summed E-state index contributed by atoms with van der Waals surface area (Å²) in [6, 6.07) is 2.81. The van der Waals surface area contributed by atoms with Gasteiger partial charge in [0.1, 0.15) is 29.2 Å². The summed E-state index contributed by atoms with van der Waals surface area (Å²) in [5.74, 6) is 0.403. The van der Waals surface area contributed by atoms with Crippen LogP contribution in [0, 0.1) is 17.7 Å². The molecule has 5 rings (SSSR count). The van der Waals surface area contributed by atoms with Crippen molar-refractivity contribution in [1.82, 2.24) is 25.3 Å². The first-order chi connectivity index (χ1) is 18.4. The molecule has 1 saturated heterocycles. The molecule has 1 saturated carbocycles. The summed E-state index contributed by atoms with van der Waals surface area (Å²) in [6.07, 6.45) is 7.56. The van der Waals surface area contributed by atoms with Crippen molar-refractivity contribution in [2.45, 2.75) is 77.4 Å². The molecule has 1 amide bonds. The van der Waals surface area contributed by atoms with E-state index in [9.17, 15) is 9.59 Å². The second-order valence-electron chi connectivity index (χ2n) is 10.7. The Kier molecular flexibility index (Phi) is 7.78. The number of imidazole rings is 1. The van der Waals surface area contributed by atoms with E-state index in [1.807, 2.05) is 17.9 Å². The van der Waals surface area contributed by atoms with Crippen molar-refractivity contribution in [3.8, 4) is 0 Å². The second-order valence-corrected chi connectivity index (χ2v) is 10.7. The van der Waals surface area contributed by atoms with E-state index >= 15 is 4.39 Å². The minimum Gasteiger partial charge on any atom is -0.468 e. The highest BCUT2D eigenvalue weighted by Crippen LogP contribution is 2.37. The summed E-state index contributed by atoms with van der Waals surface area (Å²) < 4.78 is 25.7. The van der Waals surface area contributed by atoms with E-state index in [0.717, 1.165) is 32.1 Å². The minimum atomic E-state index is -0.407. The SMILES string of the molecule is CCc1nocc1C(=O)NC(c1nc2c(F)c(CN3CCC[C@H]3C(=O)OC)ccc2[nH]1)C1CCC(C)CC1. The molecule has 2 aromatic heterocycles. The molecule has 0 spiro atoms. The molecule has 9 nitrogen and oxygen atoms in total. The molecule has 1 aliphatic carbocycles. The molecule has 3 heterocycles. The number of hydrogen-bond donors (Lipinski definition) is 2. The fourth-order valence-electron chi connectivity index (χ4n) is 5.96. The first-order valence-electron chi connectivity index (χ1n) is 13.6. The number of aromatic amines is 1. The fraction of sp³-hybridized carbons (Fsp3) is 0.571. The maximum Gasteiger partial charge on any atom is 0.323 e. The zero-order valence-electron chi connectivity index (χ0n) is 22.3. The van der Waals surface area contributed by atoms with Gasteiger partial charge in [-0.05, 0) is 56.6 Å². The lowest BCUT2D eigenvalue weighted by Crippen LogP contribution is -2.36. The summed E-state index contributed by atoms with van der Waals surface area (Å²) in [7, 11) is 1.38. The van der Waals surface area contributed by atoms with Crippen molar-refractivity contribution in [3.05, 3.63) is 46.9 Å². The lowest BCUT2D eigenvalue weighted by atomic mass is 9.79. The molecular formula is C28H36FN5O4. The summed E-state index contributed by atoms with van der Waals surface area (Å²) in [6.45, 7) is 5.18.